The quantitative estimate of drug-likeness (QED) is 0.802. The Hall–Kier alpha value is -1.42. The fraction of sp³-hybridized carbons (Fsp3) is 0.462. The number of hydrogen-bond acceptors (Lipinski definition) is 2. The maximum Gasteiger partial charge on any atom is 0.254 e. The maximum atomic E-state index is 13.4. The molecule has 1 amide bonds. The lowest BCUT2D eigenvalue weighted by Crippen LogP contribution is -2.52. The number of nitrogens with zero attached hydrogens (tertiary/aromatic N) is 1. The second kappa shape index (κ2) is 4.84. The molecular formula is C13H17FN2O. The minimum absolute atomic E-state index is 0.0853. The van der Waals surface area contributed by atoms with Gasteiger partial charge in [0.05, 0.1) is 0 Å². The lowest BCUT2D eigenvalue weighted by atomic mass is 10.1. The van der Waals surface area contributed by atoms with Crippen LogP contribution in [0.25, 0.3) is 0 Å². The summed E-state index contributed by atoms with van der Waals surface area (Å²) in [6.07, 6.45) is 0. The largest absolute Gasteiger partial charge is 0.333 e. The molecule has 1 fully saturated rings. The molecule has 0 spiro atoms. The highest BCUT2D eigenvalue weighted by Gasteiger charge is 2.24. The van der Waals surface area contributed by atoms with Crippen molar-refractivity contribution in [3.05, 3.63) is 35.1 Å². The van der Waals surface area contributed by atoms with Crippen molar-refractivity contribution >= 4 is 5.91 Å². The summed E-state index contributed by atoms with van der Waals surface area (Å²) in [7, 11) is 0. The van der Waals surface area contributed by atoms with Crippen molar-refractivity contribution in [2.75, 3.05) is 19.6 Å². The normalized spacial score (nSPS) is 20.4. The third-order valence-corrected chi connectivity index (χ3v) is 3.18. The molecule has 1 aliphatic rings. The van der Waals surface area contributed by atoms with Crippen LogP contribution in [0, 0.1) is 12.7 Å². The van der Waals surface area contributed by atoms with E-state index in [1.807, 2.05) is 6.92 Å². The van der Waals surface area contributed by atoms with Gasteiger partial charge in [0, 0.05) is 31.2 Å². The summed E-state index contributed by atoms with van der Waals surface area (Å²) < 4.78 is 13.4. The zero-order valence-electron chi connectivity index (χ0n) is 10.2. The van der Waals surface area contributed by atoms with Crippen molar-refractivity contribution in [2.24, 2.45) is 0 Å². The Morgan fingerprint density at radius 1 is 1.53 bits per heavy atom. The molecule has 0 bridgehead atoms. The zero-order chi connectivity index (χ0) is 12.4. The van der Waals surface area contributed by atoms with Gasteiger partial charge in [-0.2, -0.15) is 0 Å². The number of carbonyl (C=O) groups excluding carboxylic acids is 1. The number of piperazine rings is 1. The molecule has 2 rings (SSSR count). The Bertz CT molecular complexity index is 433. The molecule has 92 valence electrons. The van der Waals surface area contributed by atoms with Crippen LogP contribution in [0.4, 0.5) is 4.39 Å². The van der Waals surface area contributed by atoms with Crippen LogP contribution in [0.5, 0.6) is 0 Å². The number of amides is 1. The van der Waals surface area contributed by atoms with Crippen molar-refractivity contribution in [3.8, 4) is 0 Å². The second-order valence-corrected chi connectivity index (χ2v) is 4.52. The molecule has 0 aliphatic carbocycles. The topological polar surface area (TPSA) is 32.3 Å². The number of halogens is 1. The van der Waals surface area contributed by atoms with Gasteiger partial charge in [-0.25, -0.2) is 4.39 Å². The van der Waals surface area contributed by atoms with E-state index >= 15 is 0 Å². The number of rotatable bonds is 1. The summed E-state index contributed by atoms with van der Waals surface area (Å²) in [6, 6.07) is 4.82. The third-order valence-electron chi connectivity index (χ3n) is 3.18. The molecule has 4 heteroatoms. The molecule has 1 heterocycles. The van der Waals surface area contributed by atoms with Crippen LogP contribution in [0.15, 0.2) is 18.2 Å². The number of nitrogens with one attached hydrogen (secondary N) is 1. The summed E-state index contributed by atoms with van der Waals surface area (Å²) in [5.74, 6) is -0.406. The van der Waals surface area contributed by atoms with Crippen LogP contribution in [-0.4, -0.2) is 36.5 Å². The van der Waals surface area contributed by atoms with Crippen molar-refractivity contribution in [2.45, 2.75) is 19.9 Å². The van der Waals surface area contributed by atoms with Gasteiger partial charge in [-0.05, 0) is 31.5 Å². The first kappa shape index (κ1) is 12.0. The number of carbonyl (C=O) groups is 1. The predicted octanol–water partition coefficient (Wildman–Crippen LogP) is 1.57. The summed E-state index contributed by atoms with van der Waals surface area (Å²) in [6.45, 7) is 5.95. The summed E-state index contributed by atoms with van der Waals surface area (Å²) in [4.78, 5) is 14.0. The van der Waals surface area contributed by atoms with Gasteiger partial charge in [0.2, 0.25) is 0 Å². The molecular weight excluding hydrogens is 219 g/mol. The van der Waals surface area contributed by atoms with Crippen LogP contribution in [0.3, 0.4) is 0 Å². The van der Waals surface area contributed by atoms with E-state index in [0.717, 1.165) is 13.1 Å². The van der Waals surface area contributed by atoms with Crippen molar-refractivity contribution < 1.29 is 9.18 Å². The average molecular weight is 236 g/mol. The van der Waals surface area contributed by atoms with E-state index in [1.165, 1.54) is 6.07 Å². The standard InChI is InChI=1S/C13H17FN2O/c1-9-3-4-11(7-12(9)14)13(17)16-6-5-15-8-10(16)2/h3-4,7,10,15H,5-6,8H2,1-2H3/t10-/m0/s1. The Morgan fingerprint density at radius 3 is 2.94 bits per heavy atom. The number of hydrogen-bond donors (Lipinski definition) is 1. The zero-order valence-corrected chi connectivity index (χ0v) is 10.2. The molecule has 1 aromatic rings. The van der Waals surface area contributed by atoms with Crippen LogP contribution in [0.1, 0.15) is 22.8 Å². The molecule has 3 nitrogen and oxygen atoms in total. The maximum absolute atomic E-state index is 13.4. The Balaban J connectivity index is 2.21. The first-order chi connectivity index (χ1) is 8.09. The van der Waals surface area contributed by atoms with Gasteiger partial charge >= 0.3 is 0 Å². The van der Waals surface area contributed by atoms with Gasteiger partial charge in [0.15, 0.2) is 0 Å². The van der Waals surface area contributed by atoms with E-state index < -0.39 is 0 Å². The molecule has 1 saturated heterocycles. The van der Waals surface area contributed by atoms with Crippen LogP contribution < -0.4 is 5.32 Å². The Morgan fingerprint density at radius 2 is 2.29 bits per heavy atom. The molecule has 0 radical (unpaired) electrons. The smallest absolute Gasteiger partial charge is 0.254 e. The fourth-order valence-electron chi connectivity index (χ4n) is 2.03. The molecule has 1 N–H and O–H groups in total. The summed E-state index contributed by atoms with van der Waals surface area (Å²) >= 11 is 0. The highest BCUT2D eigenvalue weighted by atomic mass is 19.1. The van der Waals surface area contributed by atoms with E-state index in [9.17, 15) is 9.18 Å². The van der Waals surface area contributed by atoms with Gasteiger partial charge in [0.25, 0.3) is 5.91 Å². The van der Waals surface area contributed by atoms with Crippen molar-refractivity contribution in [3.63, 3.8) is 0 Å². The van der Waals surface area contributed by atoms with Crippen LogP contribution in [-0.2, 0) is 0 Å². The van der Waals surface area contributed by atoms with Gasteiger partial charge in [-0.15, -0.1) is 0 Å². The minimum atomic E-state index is -0.321. The monoisotopic (exact) mass is 236 g/mol. The lowest BCUT2D eigenvalue weighted by Gasteiger charge is -2.34. The molecule has 0 saturated carbocycles. The fourth-order valence-corrected chi connectivity index (χ4v) is 2.03. The molecule has 0 aromatic heterocycles. The highest BCUT2D eigenvalue weighted by molar-refractivity contribution is 5.94. The molecule has 0 unspecified atom stereocenters. The number of aryl methyl sites for hydroxylation is 1. The highest BCUT2D eigenvalue weighted by Crippen LogP contribution is 2.14. The first-order valence-corrected chi connectivity index (χ1v) is 5.87. The minimum Gasteiger partial charge on any atom is -0.333 e. The summed E-state index contributed by atoms with van der Waals surface area (Å²) in [5.41, 5.74) is 0.997. The van der Waals surface area contributed by atoms with E-state index in [1.54, 1.807) is 24.0 Å². The second-order valence-electron chi connectivity index (χ2n) is 4.52. The molecule has 1 aromatic carbocycles. The van der Waals surface area contributed by atoms with Crippen LogP contribution >= 0.6 is 0 Å². The SMILES string of the molecule is Cc1ccc(C(=O)N2CCNC[C@@H]2C)cc1F. The molecule has 1 atom stereocenters. The molecule has 1 aliphatic heterocycles. The van der Waals surface area contributed by atoms with E-state index in [0.29, 0.717) is 17.7 Å². The van der Waals surface area contributed by atoms with Gasteiger partial charge < -0.3 is 10.2 Å². The Labute approximate surface area is 101 Å². The average Bonchev–Trinajstić information content (AvgIpc) is 2.32. The van der Waals surface area contributed by atoms with Crippen molar-refractivity contribution in [1.29, 1.82) is 0 Å². The van der Waals surface area contributed by atoms with E-state index in [-0.39, 0.29) is 17.8 Å². The van der Waals surface area contributed by atoms with Crippen molar-refractivity contribution in [1.82, 2.24) is 10.2 Å². The molecule has 17 heavy (non-hydrogen) atoms. The first-order valence-electron chi connectivity index (χ1n) is 5.87. The summed E-state index contributed by atoms with van der Waals surface area (Å²) in [5, 5.41) is 3.22. The van der Waals surface area contributed by atoms with E-state index in [4.69, 9.17) is 0 Å². The predicted molar refractivity (Wildman–Crippen MR) is 64.5 cm³/mol. The van der Waals surface area contributed by atoms with E-state index in [2.05, 4.69) is 5.32 Å². The lowest BCUT2D eigenvalue weighted by molar-refractivity contribution is 0.0655. The van der Waals surface area contributed by atoms with Gasteiger partial charge in [0.1, 0.15) is 5.82 Å². The number of benzene rings is 1. The van der Waals surface area contributed by atoms with Gasteiger partial charge in [-0.3, -0.25) is 4.79 Å². The van der Waals surface area contributed by atoms with Crippen LogP contribution in [0.2, 0.25) is 0 Å². The Kier molecular flexibility index (Phi) is 3.43. The third kappa shape index (κ3) is 2.47. The van der Waals surface area contributed by atoms with Gasteiger partial charge in [-0.1, -0.05) is 6.07 Å².